The van der Waals surface area contributed by atoms with Gasteiger partial charge in [0.1, 0.15) is 17.5 Å². The molecule has 5 N–H and O–H groups in total. The van der Waals surface area contributed by atoms with Crippen molar-refractivity contribution in [2.45, 2.75) is 32.5 Å². The number of rotatable bonds is 7. The van der Waals surface area contributed by atoms with Crippen molar-refractivity contribution in [3.05, 3.63) is 77.5 Å². The van der Waals surface area contributed by atoms with Crippen molar-refractivity contribution in [1.29, 1.82) is 0 Å². The molecule has 7 nitrogen and oxygen atoms in total. The Balaban J connectivity index is 1.49. The number of piperazine rings is 1. The molecule has 2 heterocycles. The number of amides is 1. The number of hydrogen-bond acceptors (Lipinski definition) is 6. The number of nitrogens with two attached hydrogens (primary N) is 1. The van der Waals surface area contributed by atoms with E-state index in [1.54, 1.807) is 6.07 Å². The topological polar surface area (TPSA) is 95.3 Å². The molecule has 2 aromatic carbocycles. The molecule has 1 aromatic heterocycles. The van der Waals surface area contributed by atoms with Gasteiger partial charge in [-0.3, -0.25) is 4.79 Å². The fraction of sp³-hybridized carbons (Fsp3) is 0.280. The smallest absolute Gasteiger partial charge is 0.252 e. The van der Waals surface area contributed by atoms with Gasteiger partial charge >= 0.3 is 0 Å². The third-order valence-corrected chi connectivity index (χ3v) is 5.71. The zero-order valence-corrected chi connectivity index (χ0v) is 19.1. The van der Waals surface area contributed by atoms with Crippen molar-refractivity contribution >= 4 is 28.8 Å². The Labute approximate surface area is 197 Å². The summed E-state index contributed by atoms with van der Waals surface area (Å²) in [6, 6.07) is 13.7. The van der Waals surface area contributed by atoms with E-state index in [1.165, 1.54) is 6.20 Å². The Kier molecular flexibility index (Phi) is 6.93. The number of primary amides is 1. The van der Waals surface area contributed by atoms with Gasteiger partial charge in [-0.15, -0.1) is 0 Å². The third-order valence-electron chi connectivity index (χ3n) is 5.71. The molecular weight excluding hydrogens is 438 g/mol. The molecule has 178 valence electrons. The van der Waals surface area contributed by atoms with Crippen LogP contribution in [0.25, 0.3) is 0 Å². The quantitative estimate of drug-likeness (QED) is 0.421. The highest BCUT2D eigenvalue weighted by molar-refractivity contribution is 5.98. The van der Waals surface area contributed by atoms with Gasteiger partial charge in [-0.2, -0.15) is 0 Å². The second kappa shape index (κ2) is 10.0. The number of carbonyl (C=O) groups excluding carboxylic acids is 1. The third kappa shape index (κ3) is 5.60. The SMILES string of the molecule is C[C@@H]1CN(c2ccc(Nc3cc(NCc4cc(F)ccc4F)c(C(N)=O)cn3)cc2)C[C@H](C)N1. The van der Waals surface area contributed by atoms with Crippen LogP contribution in [-0.2, 0) is 6.54 Å². The van der Waals surface area contributed by atoms with Crippen molar-refractivity contribution in [3.63, 3.8) is 0 Å². The van der Waals surface area contributed by atoms with Crippen LogP contribution in [0.15, 0.2) is 54.7 Å². The fourth-order valence-electron chi connectivity index (χ4n) is 4.18. The van der Waals surface area contributed by atoms with Crippen molar-refractivity contribution in [2.24, 2.45) is 5.73 Å². The summed E-state index contributed by atoms with van der Waals surface area (Å²) in [5.41, 5.74) is 8.08. The maximum Gasteiger partial charge on any atom is 0.252 e. The number of nitrogens with one attached hydrogen (secondary N) is 3. The van der Waals surface area contributed by atoms with Crippen molar-refractivity contribution in [1.82, 2.24) is 10.3 Å². The first-order valence-electron chi connectivity index (χ1n) is 11.1. The molecule has 1 saturated heterocycles. The van der Waals surface area contributed by atoms with Gasteiger partial charge in [-0.1, -0.05) is 0 Å². The Bertz CT molecular complexity index is 1160. The van der Waals surface area contributed by atoms with Crippen LogP contribution in [0, 0.1) is 11.6 Å². The van der Waals surface area contributed by atoms with E-state index >= 15 is 0 Å². The minimum atomic E-state index is -0.676. The molecule has 9 heteroatoms. The van der Waals surface area contributed by atoms with Gasteiger partial charge in [0.25, 0.3) is 5.91 Å². The van der Waals surface area contributed by atoms with Crippen LogP contribution in [0.3, 0.4) is 0 Å². The molecule has 0 aliphatic carbocycles. The molecule has 1 fully saturated rings. The number of hydrogen-bond donors (Lipinski definition) is 4. The van der Waals surface area contributed by atoms with Crippen molar-refractivity contribution in [2.75, 3.05) is 28.6 Å². The molecule has 1 amide bonds. The van der Waals surface area contributed by atoms with E-state index in [0.29, 0.717) is 23.6 Å². The second-order valence-corrected chi connectivity index (χ2v) is 8.61. The average molecular weight is 467 g/mol. The number of nitrogens with zero attached hydrogens (tertiary/aromatic N) is 2. The van der Waals surface area contributed by atoms with Gasteiger partial charge in [0.2, 0.25) is 0 Å². The van der Waals surface area contributed by atoms with E-state index < -0.39 is 17.5 Å². The van der Waals surface area contributed by atoms with Crippen molar-refractivity contribution < 1.29 is 13.6 Å². The number of halogens is 2. The number of aromatic nitrogens is 1. The number of anilines is 4. The standard InChI is InChI=1S/C25H28F2N6O/c1-15-13-33(14-16(2)31-15)20-6-4-19(5-7-20)32-24-10-23(21(12-30-24)25(28)34)29-11-17-9-18(26)3-8-22(17)27/h3-10,12,15-16,31H,11,13-14H2,1-2H3,(H2,28,34)(H2,29,30,32)/t15-,16+. The zero-order chi connectivity index (χ0) is 24.2. The van der Waals surface area contributed by atoms with Crippen LogP contribution in [-0.4, -0.2) is 36.1 Å². The summed E-state index contributed by atoms with van der Waals surface area (Å²) in [7, 11) is 0. The van der Waals surface area contributed by atoms with Crippen LogP contribution in [0.4, 0.5) is 31.7 Å². The van der Waals surface area contributed by atoms with Gasteiger partial charge in [-0.25, -0.2) is 13.8 Å². The van der Waals surface area contributed by atoms with Crippen LogP contribution in [0.1, 0.15) is 29.8 Å². The maximum absolute atomic E-state index is 14.0. The summed E-state index contributed by atoms with van der Waals surface area (Å²) in [6.07, 6.45) is 1.35. The molecule has 0 saturated carbocycles. The molecule has 0 spiro atoms. The van der Waals surface area contributed by atoms with E-state index in [2.05, 4.69) is 51.8 Å². The molecule has 2 atom stereocenters. The number of benzene rings is 2. The Morgan fingerprint density at radius 1 is 1.12 bits per heavy atom. The molecule has 4 rings (SSSR count). The van der Waals surface area contributed by atoms with E-state index in [0.717, 1.165) is 42.7 Å². The molecule has 0 bridgehead atoms. The Morgan fingerprint density at radius 2 is 1.82 bits per heavy atom. The predicted molar refractivity (Wildman–Crippen MR) is 130 cm³/mol. The summed E-state index contributed by atoms with van der Waals surface area (Å²) in [4.78, 5) is 18.5. The highest BCUT2D eigenvalue weighted by Crippen LogP contribution is 2.25. The van der Waals surface area contributed by atoms with E-state index in [-0.39, 0.29) is 17.7 Å². The highest BCUT2D eigenvalue weighted by Gasteiger charge is 2.21. The van der Waals surface area contributed by atoms with Gasteiger partial charge in [0.05, 0.1) is 11.3 Å². The number of carbonyl (C=O) groups is 1. The second-order valence-electron chi connectivity index (χ2n) is 8.61. The average Bonchev–Trinajstić information content (AvgIpc) is 2.79. The molecule has 3 aromatic rings. The van der Waals surface area contributed by atoms with Crippen LogP contribution < -0.4 is 26.6 Å². The lowest BCUT2D eigenvalue weighted by Gasteiger charge is -2.37. The van der Waals surface area contributed by atoms with E-state index in [9.17, 15) is 13.6 Å². The summed E-state index contributed by atoms with van der Waals surface area (Å²) < 4.78 is 27.5. The summed E-state index contributed by atoms with van der Waals surface area (Å²) in [5.74, 6) is -1.29. The number of pyridine rings is 1. The van der Waals surface area contributed by atoms with Gasteiger partial charge in [0, 0.05) is 60.9 Å². The maximum atomic E-state index is 14.0. The van der Waals surface area contributed by atoms with Crippen LogP contribution in [0.5, 0.6) is 0 Å². The first-order valence-corrected chi connectivity index (χ1v) is 11.1. The molecule has 0 unspecified atom stereocenters. The lowest BCUT2D eigenvalue weighted by Crippen LogP contribution is -2.54. The normalized spacial score (nSPS) is 17.9. The van der Waals surface area contributed by atoms with Crippen LogP contribution >= 0.6 is 0 Å². The molecule has 0 radical (unpaired) electrons. The summed E-state index contributed by atoms with van der Waals surface area (Å²) >= 11 is 0. The molecular formula is C25H28F2N6O. The molecule has 1 aliphatic heterocycles. The summed E-state index contributed by atoms with van der Waals surface area (Å²) in [5, 5.41) is 9.70. The van der Waals surface area contributed by atoms with Gasteiger partial charge < -0.3 is 26.6 Å². The largest absolute Gasteiger partial charge is 0.380 e. The van der Waals surface area contributed by atoms with E-state index in [1.807, 2.05) is 12.1 Å². The fourth-order valence-corrected chi connectivity index (χ4v) is 4.18. The Hall–Kier alpha value is -3.72. The first-order chi connectivity index (χ1) is 16.3. The van der Waals surface area contributed by atoms with Gasteiger partial charge in [0.15, 0.2) is 0 Å². The first kappa shape index (κ1) is 23.4. The lowest BCUT2D eigenvalue weighted by molar-refractivity contribution is 0.100. The molecule has 1 aliphatic rings. The lowest BCUT2D eigenvalue weighted by atomic mass is 10.1. The van der Waals surface area contributed by atoms with Crippen molar-refractivity contribution in [3.8, 4) is 0 Å². The minimum Gasteiger partial charge on any atom is -0.380 e. The van der Waals surface area contributed by atoms with Gasteiger partial charge in [-0.05, 0) is 56.3 Å². The predicted octanol–water partition coefficient (Wildman–Crippen LogP) is 4.00. The summed E-state index contributed by atoms with van der Waals surface area (Å²) in [6.45, 7) is 6.20. The Morgan fingerprint density at radius 3 is 2.50 bits per heavy atom. The monoisotopic (exact) mass is 466 g/mol. The van der Waals surface area contributed by atoms with E-state index in [4.69, 9.17) is 5.73 Å². The minimum absolute atomic E-state index is 0.0242. The highest BCUT2D eigenvalue weighted by atomic mass is 19.1. The molecule has 34 heavy (non-hydrogen) atoms. The zero-order valence-electron chi connectivity index (χ0n) is 19.1. The van der Waals surface area contributed by atoms with Crippen LogP contribution in [0.2, 0.25) is 0 Å².